The first-order chi connectivity index (χ1) is 9.81. The Kier molecular flexibility index (Phi) is 4.61. The topological polar surface area (TPSA) is 58.6 Å². The van der Waals surface area contributed by atoms with Crippen molar-refractivity contribution in [3.63, 3.8) is 0 Å². The number of rotatable bonds is 4. The van der Waals surface area contributed by atoms with Crippen molar-refractivity contribution >= 4 is 11.8 Å². The minimum atomic E-state index is -0.398. The van der Waals surface area contributed by atoms with Gasteiger partial charge in [0.05, 0.1) is 11.6 Å². The largest absolute Gasteiger partial charge is 0.376 e. The van der Waals surface area contributed by atoms with E-state index in [-0.39, 0.29) is 29.5 Å². The van der Waals surface area contributed by atoms with Crippen LogP contribution in [0.15, 0.2) is 0 Å². The van der Waals surface area contributed by atoms with Crippen LogP contribution in [0.2, 0.25) is 0 Å². The second kappa shape index (κ2) is 5.95. The van der Waals surface area contributed by atoms with E-state index in [0.29, 0.717) is 25.4 Å². The molecule has 0 spiro atoms. The number of carbonyl (C=O) groups is 2. The third-order valence-corrected chi connectivity index (χ3v) is 4.96. The van der Waals surface area contributed by atoms with Crippen molar-refractivity contribution in [2.45, 2.75) is 77.6 Å². The Morgan fingerprint density at radius 1 is 1.43 bits per heavy atom. The van der Waals surface area contributed by atoms with Gasteiger partial charge in [0.25, 0.3) is 0 Å². The first-order valence-electron chi connectivity index (χ1n) is 8.06. The monoisotopic (exact) mass is 296 g/mol. The van der Waals surface area contributed by atoms with Gasteiger partial charge in [0.1, 0.15) is 12.1 Å². The molecule has 2 heterocycles. The molecule has 0 aromatic rings. The summed E-state index contributed by atoms with van der Waals surface area (Å²) in [4.78, 5) is 27.2. The molecule has 2 fully saturated rings. The molecule has 2 amide bonds. The van der Waals surface area contributed by atoms with E-state index < -0.39 is 6.04 Å². The van der Waals surface area contributed by atoms with E-state index >= 15 is 0 Å². The zero-order valence-electron chi connectivity index (χ0n) is 13.8. The van der Waals surface area contributed by atoms with Gasteiger partial charge in [0.2, 0.25) is 11.8 Å². The third-order valence-electron chi connectivity index (χ3n) is 4.96. The molecule has 4 atom stereocenters. The molecule has 0 bridgehead atoms. The first kappa shape index (κ1) is 16.3. The summed E-state index contributed by atoms with van der Waals surface area (Å²) in [5.41, 5.74) is -0.384. The second-order valence-corrected chi connectivity index (χ2v) is 6.94. The van der Waals surface area contributed by atoms with Crippen LogP contribution in [0.5, 0.6) is 0 Å². The van der Waals surface area contributed by atoms with Crippen LogP contribution in [0.4, 0.5) is 0 Å². The van der Waals surface area contributed by atoms with Crippen molar-refractivity contribution in [1.29, 1.82) is 0 Å². The Morgan fingerprint density at radius 3 is 2.57 bits per heavy atom. The van der Waals surface area contributed by atoms with E-state index in [1.54, 1.807) is 0 Å². The highest BCUT2D eigenvalue weighted by molar-refractivity contribution is 5.97. The van der Waals surface area contributed by atoms with E-state index in [9.17, 15) is 9.59 Å². The van der Waals surface area contributed by atoms with Gasteiger partial charge < -0.3 is 15.0 Å². The Labute approximate surface area is 127 Å². The number of nitrogens with zero attached hydrogens (tertiary/aromatic N) is 1. The van der Waals surface area contributed by atoms with Crippen molar-refractivity contribution in [3.05, 3.63) is 0 Å². The van der Waals surface area contributed by atoms with Gasteiger partial charge in [-0.3, -0.25) is 9.59 Å². The second-order valence-electron chi connectivity index (χ2n) is 6.94. The van der Waals surface area contributed by atoms with Crippen LogP contribution in [-0.4, -0.2) is 47.0 Å². The van der Waals surface area contributed by atoms with Crippen LogP contribution in [0.1, 0.15) is 53.9 Å². The number of ether oxygens (including phenoxy) is 1. The number of amides is 2. The Morgan fingerprint density at radius 2 is 2.10 bits per heavy atom. The number of nitrogens with one attached hydrogen (secondary N) is 1. The van der Waals surface area contributed by atoms with Gasteiger partial charge in [0, 0.05) is 6.61 Å². The summed E-state index contributed by atoms with van der Waals surface area (Å²) in [6.07, 6.45) is 2.07. The van der Waals surface area contributed by atoms with Gasteiger partial charge in [-0.15, -0.1) is 0 Å². The van der Waals surface area contributed by atoms with E-state index in [0.717, 1.165) is 6.42 Å². The summed E-state index contributed by atoms with van der Waals surface area (Å²) in [6, 6.07) is -0.778. The molecule has 0 radical (unpaired) electrons. The van der Waals surface area contributed by atoms with Crippen molar-refractivity contribution in [2.75, 3.05) is 6.61 Å². The van der Waals surface area contributed by atoms with Crippen molar-refractivity contribution in [3.8, 4) is 0 Å². The lowest BCUT2D eigenvalue weighted by atomic mass is 9.86. The van der Waals surface area contributed by atoms with Gasteiger partial charge in [0.15, 0.2) is 0 Å². The van der Waals surface area contributed by atoms with Crippen LogP contribution in [0, 0.1) is 5.92 Å². The molecule has 2 saturated heterocycles. The van der Waals surface area contributed by atoms with Crippen LogP contribution >= 0.6 is 0 Å². The molecule has 2 rings (SSSR count). The van der Waals surface area contributed by atoms with Gasteiger partial charge in [-0.2, -0.15) is 0 Å². The molecule has 2 aliphatic rings. The molecule has 1 N–H and O–H groups in total. The molecule has 0 aliphatic carbocycles. The Balaban J connectivity index is 2.33. The number of piperazine rings is 1. The average Bonchev–Trinajstić information content (AvgIpc) is 2.73. The lowest BCUT2D eigenvalue weighted by Crippen LogP contribution is -2.70. The Bertz CT molecular complexity index is 424. The third kappa shape index (κ3) is 2.80. The number of hydrogen-bond acceptors (Lipinski definition) is 3. The standard InChI is InChI=1S/C16H28N2O3/c1-6-13-14(19)17-12(9-10(2)3)15(20)18(13)16(5)7-8-21-11(16)4/h10-13H,6-9H2,1-5H3,(H,17,19). The fourth-order valence-electron chi connectivity index (χ4n) is 3.52. The molecular formula is C16H28N2O3. The molecule has 5 nitrogen and oxygen atoms in total. The minimum absolute atomic E-state index is 0.0249. The van der Waals surface area contributed by atoms with Crippen molar-refractivity contribution in [1.82, 2.24) is 10.2 Å². The summed E-state index contributed by atoms with van der Waals surface area (Å²) in [5.74, 6) is 0.391. The van der Waals surface area contributed by atoms with Crippen LogP contribution in [-0.2, 0) is 14.3 Å². The fourth-order valence-corrected chi connectivity index (χ4v) is 3.52. The average molecular weight is 296 g/mol. The predicted molar refractivity (Wildman–Crippen MR) is 80.7 cm³/mol. The zero-order chi connectivity index (χ0) is 15.8. The van der Waals surface area contributed by atoms with E-state index in [2.05, 4.69) is 26.1 Å². The summed E-state index contributed by atoms with van der Waals surface area (Å²) in [5, 5.41) is 2.91. The van der Waals surface area contributed by atoms with Crippen LogP contribution in [0.25, 0.3) is 0 Å². The summed E-state index contributed by atoms with van der Waals surface area (Å²) >= 11 is 0. The quantitative estimate of drug-likeness (QED) is 0.859. The predicted octanol–water partition coefficient (Wildman–Crippen LogP) is 1.71. The maximum atomic E-state index is 13.0. The molecule has 0 saturated carbocycles. The number of hydrogen-bond donors (Lipinski definition) is 1. The zero-order valence-corrected chi connectivity index (χ0v) is 13.8. The highest BCUT2D eigenvalue weighted by Crippen LogP contribution is 2.36. The minimum Gasteiger partial charge on any atom is -0.376 e. The first-order valence-corrected chi connectivity index (χ1v) is 8.06. The Hall–Kier alpha value is -1.10. The van der Waals surface area contributed by atoms with Crippen LogP contribution in [0.3, 0.4) is 0 Å². The SMILES string of the molecule is CCC1C(=O)NC(CC(C)C)C(=O)N1C1(C)CCOC1C. The molecule has 5 heteroatoms. The highest BCUT2D eigenvalue weighted by Gasteiger charge is 2.52. The molecular weight excluding hydrogens is 268 g/mol. The normalized spacial score (nSPS) is 37.2. The van der Waals surface area contributed by atoms with Crippen molar-refractivity contribution < 1.29 is 14.3 Å². The molecule has 2 aliphatic heterocycles. The maximum absolute atomic E-state index is 13.0. The van der Waals surface area contributed by atoms with E-state index in [1.165, 1.54) is 0 Å². The summed E-state index contributed by atoms with van der Waals surface area (Å²) in [7, 11) is 0. The lowest BCUT2D eigenvalue weighted by Gasteiger charge is -2.49. The fraction of sp³-hybridized carbons (Fsp3) is 0.875. The smallest absolute Gasteiger partial charge is 0.246 e. The molecule has 21 heavy (non-hydrogen) atoms. The highest BCUT2D eigenvalue weighted by atomic mass is 16.5. The maximum Gasteiger partial charge on any atom is 0.246 e. The van der Waals surface area contributed by atoms with Crippen LogP contribution < -0.4 is 5.32 Å². The molecule has 120 valence electrons. The lowest BCUT2D eigenvalue weighted by molar-refractivity contribution is -0.159. The van der Waals surface area contributed by atoms with Gasteiger partial charge >= 0.3 is 0 Å². The van der Waals surface area contributed by atoms with Gasteiger partial charge in [-0.05, 0) is 39.0 Å². The molecule has 0 aromatic carbocycles. The van der Waals surface area contributed by atoms with E-state index in [1.807, 2.05) is 18.7 Å². The van der Waals surface area contributed by atoms with Gasteiger partial charge in [-0.1, -0.05) is 20.8 Å². The van der Waals surface area contributed by atoms with Crippen molar-refractivity contribution in [2.24, 2.45) is 5.92 Å². The summed E-state index contributed by atoms with van der Waals surface area (Å²) in [6.45, 7) is 10.8. The number of carbonyl (C=O) groups excluding carboxylic acids is 2. The van der Waals surface area contributed by atoms with Gasteiger partial charge in [-0.25, -0.2) is 0 Å². The van der Waals surface area contributed by atoms with E-state index in [4.69, 9.17) is 4.74 Å². The molecule has 0 aromatic heterocycles. The summed E-state index contributed by atoms with van der Waals surface area (Å²) < 4.78 is 5.69. The molecule has 4 unspecified atom stereocenters.